The van der Waals surface area contributed by atoms with E-state index in [0.717, 1.165) is 0 Å². The predicted octanol–water partition coefficient (Wildman–Crippen LogP) is 1.67. The van der Waals surface area contributed by atoms with Crippen LogP contribution in [-0.2, 0) is 4.79 Å². The first kappa shape index (κ1) is 15.4. The molecular formula is C12H16ClN3O3. The van der Waals surface area contributed by atoms with Crippen LogP contribution >= 0.6 is 11.6 Å². The molecule has 0 aliphatic heterocycles. The Labute approximate surface area is 116 Å². The second kappa shape index (κ2) is 6.47. The molecule has 6 nitrogen and oxygen atoms in total. The van der Waals surface area contributed by atoms with Crippen molar-refractivity contribution in [1.82, 2.24) is 15.3 Å². The zero-order chi connectivity index (χ0) is 14.6. The molecule has 1 amide bonds. The molecule has 0 spiro atoms. The Hall–Kier alpha value is -1.69. The number of nitrogens with zero attached hydrogens (tertiary/aromatic N) is 2. The molecule has 7 heteroatoms. The first-order chi connectivity index (χ1) is 8.79. The number of hydrogen-bond donors (Lipinski definition) is 2. The van der Waals surface area contributed by atoms with Crippen molar-refractivity contribution in [3.05, 3.63) is 22.7 Å². The SMILES string of the molecule is Cc1cc(C(=O)N[C@@H](CC(C)C)C(=O)O)nc(Cl)n1. The number of aliphatic carboxylic acids is 1. The number of aryl methyl sites for hydroxylation is 1. The van der Waals surface area contributed by atoms with E-state index in [9.17, 15) is 9.59 Å². The van der Waals surface area contributed by atoms with E-state index in [2.05, 4.69) is 15.3 Å². The molecule has 0 fully saturated rings. The van der Waals surface area contributed by atoms with Gasteiger partial charge in [-0.05, 0) is 36.9 Å². The predicted molar refractivity (Wildman–Crippen MR) is 70.1 cm³/mol. The number of amides is 1. The fraction of sp³-hybridized carbons (Fsp3) is 0.500. The number of carbonyl (C=O) groups is 2. The van der Waals surface area contributed by atoms with E-state index in [1.165, 1.54) is 6.07 Å². The van der Waals surface area contributed by atoms with Crippen molar-refractivity contribution in [1.29, 1.82) is 0 Å². The number of carboxylic acids is 1. The van der Waals surface area contributed by atoms with Crippen molar-refractivity contribution in [2.24, 2.45) is 5.92 Å². The molecule has 0 aliphatic carbocycles. The molecule has 0 aromatic carbocycles. The Bertz CT molecular complexity index is 471. The highest BCUT2D eigenvalue weighted by Gasteiger charge is 2.22. The first-order valence-electron chi connectivity index (χ1n) is 5.84. The summed E-state index contributed by atoms with van der Waals surface area (Å²) in [5, 5.41) is 11.4. The Morgan fingerprint density at radius 1 is 1.42 bits per heavy atom. The van der Waals surface area contributed by atoms with Crippen molar-refractivity contribution in [3.63, 3.8) is 0 Å². The molecule has 0 saturated carbocycles. The van der Waals surface area contributed by atoms with Gasteiger partial charge in [-0.25, -0.2) is 14.8 Å². The minimum Gasteiger partial charge on any atom is -0.480 e. The van der Waals surface area contributed by atoms with Gasteiger partial charge in [-0.3, -0.25) is 4.79 Å². The molecule has 2 N–H and O–H groups in total. The van der Waals surface area contributed by atoms with Gasteiger partial charge in [0, 0.05) is 5.69 Å². The van der Waals surface area contributed by atoms with Gasteiger partial charge in [-0.15, -0.1) is 0 Å². The summed E-state index contributed by atoms with van der Waals surface area (Å²) in [6, 6.07) is 0.511. The van der Waals surface area contributed by atoms with E-state index in [1.54, 1.807) is 6.92 Å². The van der Waals surface area contributed by atoms with E-state index in [1.807, 2.05) is 13.8 Å². The summed E-state index contributed by atoms with van der Waals surface area (Å²) < 4.78 is 0. The Morgan fingerprint density at radius 3 is 2.53 bits per heavy atom. The van der Waals surface area contributed by atoms with Gasteiger partial charge in [0.05, 0.1) is 0 Å². The number of carbonyl (C=O) groups excluding carboxylic acids is 1. The highest BCUT2D eigenvalue weighted by molar-refractivity contribution is 6.28. The summed E-state index contributed by atoms with van der Waals surface area (Å²) in [6.45, 7) is 5.44. The normalized spacial score (nSPS) is 12.3. The molecule has 1 rings (SSSR count). The zero-order valence-electron chi connectivity index (χ0n) is 11.0. The molecule has 1 aromatic heterocycles. The van der Waals surface area contributed by atoms with Crippen LogP contribution in [0.4, 0.5) is 0 Å². The maximum atomic E-state index is 11.9. The third-order valence-corrected chi connectivity index (χ3v) is 2.54. The molecule has 104 valence electrons. The molecule has 1 atom stereocenters. The monoisotopic (exact) mass is 285 g/mol. The van der Waals surface area contributed by atoms with Crippen molar-refractivity contribution < 1.29 is 14.7 Å². The standard InChI is InChI=1S/C12H16ClN3O3/c1-6(2)4-9(11(18)19)15-10(17)8-5-7(3)14-12(13)16-8/h5-6,9H,4H2,1-3H3,(H,15,17)(H,18,19)/t9-/m0/s1. The van der Waals surface area contributed by atoms with Crippen molar-refractivity contribution in [2.75, 3.05) is 0 Å². The smallest absolute Gasteiger partial charge is 0.326 e. The van der Waals surface area contributed by atoms with E-state index in [-0.39, 0.29) is 16.9 Å². The lowest BCUT2D eigenvalue weighted by Gasteiger charge is -2.16. The Kier molecular flexibility index (Phi) is 5.23. The second-order valence-corrected chi connectivity index (χ2v) is 5.00. The van der Waals surface area contributed by atoms with Gasteiger partial charge in [0.2, 0.25) is 5.28 Å². The Morgan fingerprint density at radius 2 is 2.05 bits per heavy atom. The van der Waals surface area contributed by atoms with Crippen molar-refractivity contribution in [2.45, 2.75) is 33.2 Å². The molecule has 0 unspecified atom stereocenters. The maximum absolute atomic E-state index is 11.9. The Balaban J connectivity index is 2.84. The fourth-order valence-electron chi connectivity index (χ4n) is 1.57. The van der Waals surface area contributed by atoms with Crippen LogP contribution in [0.25, 0.3) is 0 Å². The van der Waals surface area contributed by atoms with E-state index < -0.39 is 17.9 Å². The number of halogens is 1. The summed E-state index contributed by atoms with van der Waals surface area (Å²) in [7, 11) is 0. The number of hydrogen-bond acceptors (Lipinski definition) is 4. The average molecular weight is 286 g/mol. The number of nitrogens with one attached hydrogen (secondary N) is 1. The highest BCUT2D eigenvalue weighted by atomic mass is 35.5. The third-order valence-electron chi connectivity index (χ3n) is 2.37. The third kappa shape index (κ3) is 4.82. The lowest BCUT2D eigenvalue weighted by Crippen LogP contribution is -2.42. The lowest BCUT2D eigenvalue weighted by molar-refractivity contribution is -0.139. The van der Waals surface area contributed by atoms with E-state index in [0.29, 0.717) is 12.1 Å². The minimum atomic E-state index is -1.07. The van der Waals surface area contributed by atoms with Crippen molar-refractivity contribution >= 4 is 23.5 Å². The summed E-state index contributed by atoms with van der Waals surface area (Å²) in [5.74, 6) is -1.49. The van der Waals surface area contributed by atoms with Crippen LogP contribution in [0, 0.1) is 12.8 Å². The van der Waals surface area contributed by atoms with Gasteiger partial charge >= 0.3 is 5.97 Å². The van der Waals surface area contributed by atoms with Gasteiger partial charge in [0.1, 0.15) is 11.7 Å². The molecule has 1 heterocycles. The van der Waals surface area contributed by atoms with Crippen LogP contribution in [0.2, 0.25) is 5.28 Å². The molecule has 19 heavy (non-hydrogen) atoms. The quantitative estimate of drug-likeness (QED) is 0.803. The first-order valence-corrected chi connectivity index (χ1v) is 6.22. The average Bonchev–Trinajstić information content (AvgIpc) is 2.25. The second-order valence-electron chi connectivity index (χ2n) is 4.66. The lowest BCUT2D eigenvalue weighted by atomic mass is 10.0. The molecule has 0 radical (unpaired) electrons. The topological polar surface area (TPSA) is 92.2 Å². The molecule has 1 aromatic rings. The minimum absolute atomic E-state index is 0.0408. The van der Waals surface area contributed by atoms with E-state index in [4.69, 9.17) is 16.7 Å². The number of rotatable bonds is 5. The number of carboxylic acid groups (broad SMARTS) is 1. The van der Waals surface area contributed by atoms with Gasteiger partial charge < -0.3 is 10.4 Å². The van der Waals surface area contributed by atoms with Gasteiger partial charge in [0.25, 0.3) is 5.91 Å². The summed E-state index contributed by atoms with van der Waals surface area (Å²) in [6.07, 6.45) is 0.346. The van der Waals surface area contributed by atoms with Crippen LogP contribution < -0.4 is 5.32 Å². The van der Waals surface area contributed by atoms with Gasteiger partial charge in [-0.1, -0.05) is 13.8 Å². The van der Waals surface area contributed by atoms with Crippen molar-refractivity contribution in [3.8, 4) is 0 Å². The fourth-order valence-corrected chi connectivity index (χ4v) is 1.80. The van der Waals surface area contributed by atoms with E-state index >= 15 is 0 Å². The van der Waals surface area contributed by atoms with Crippen LogP contribution in [0.3, 0.4) is 0 Å². The molecule has 0 bridgehead atoms. The van der Waals surface area contributed by atoms with Gasteiger partial charge in [0.15, 0.2) is 0 Å². The van der Waals surface area contributed by atoms with Gasteiger partial charge in [-0.2, -0.15) is 0 Å². The molecular weight excluding hydrogens is 270 g/mol. The summed E-state index contributed by atoms with van der Waals surface area (Å²) in [5.41, 5.74) is 0.605. The highest BCUT2D eigenvalue weighted by Crippen LogP contribution is 2.08. The zero-order valence-corrected chi connectivity index (χ0v) is 11.7. The maximum Gasteiger partial charge on any atom is 0.326 e. The van der Waals surface area contributed by atoms with Crippen LogP contribution in [0.15, 0.2) is 6.07 Å². The summed E-state index contributed by atoms with van der Waals surface area (Å²) in [4.78, 5) is 30.6. The molecule has 0 saturated heterocycles. The van der Waals surface area contributed by atoms with Crippen LogP contribution in [0.5, 0.6) is 0 Å². The van der Waals surface area contributed by atoms with Crippen LogP contribution in [-0.4, -0.2) is 33.0 Å². The van der Waals surface area contributed by atoms with Crippen LogP contribution in [0.1, 0.15) is 36.5 Å². The number of aromatic nitrogens is 2. The molecule has 0 aliphatic rings. The summed E-state index contributed by atoms with van der Waals surface area (Å²) >= 11 is 5.66. The largest absolute Gasteiger partial charge is 0.480 e.